The summed E-state index contributed by atoms with van der Waals surface area (Å²) in [5.74, 6) is 1.34. The molecule has 2 fully saturated rings. The van der Waals surface area contributed by atoms with Crippen LogP contribution in [-0.2, 0) is 4.74 Å². The van der Waals surface area contributed by atoms with Crippen LogP contribution >= 0.6 is 11.3 Å². The number of anilines is 1. The highest BCUT2D eigenvalue weighted by Crippen LogP contribution is 2.31. The predicted octanol–water partition coefficient (Wildman–Crippen LogP) is 2.87. The molecule has 0 spiro atoms. The van der Waals surface area contributed by atoms with Gasteiger partial charge < -0.3 is 15.0 Å². The lowest BCUT2D eigenvalue weighted by Crippen LogP contribution is -2.59. The minimum absolute atomic E-state index is 0.0709. The van der Waals surface area contributed by atoms with Gasteiger partial charge in [-0.3, -0.25) is 4.79 Å². The molecule has 0 saturated carbocycles. The maximum absolute atomic E-state index is 12.8. The summed E-state index contributed by atoms with van der Waals surface area (Å²) in [6, 6.07) is 7.79. The smallest absolute Gasteiger partial charge is 0.254 e. The van der Waals surface area contributed by atoms with Crippen molar-refractivity contribution in [1.82, 2.24) is 9.88 Å². The number of ether oxygens (including phenoxy) is 1. The van der Waals surface area contributed by atoms with E-state index in [2.05, 4.69) is 10.3 Å². The Morgan fingerprint density at radius 1 is 1.33 bits per heavy atom. The highest BCUT2D eigenvalue weighted by atomic mass is 32.1. The molecule has 2 aliphatic heterocycles. The SMILES string of the molecule is O=C(c1ccsc1)N1C[C@@H]2CCCO[C@@H]2[C@H](Nc2ccccn2)C1. The molecule has 2 aliphatic rings. The Balaban J connectivity index is 1.54. The maximum Gasteiger partial charge on any atom is 0.254 e. The van der Waals surface area contributed by atoms with Crippen LogP contribution in [0.3, 0.4) is 0 Å². The molecule has 5 nitrogen and oxygen atoms in total. The van der Waals surface area contributed by atoms with Crippen LogP contribution in [0.1, 0.15) is 23.2 Å². The van der Waals surface area contributed by atoms with Crippen molar-refractivity contribution >= 4 is 23.1 Å². The molecule has 0 aromatic carbocycles. The number of rotatable bonds is 3. The topological polar surface area (TPSA) is 54.5 Å². The molecule has 4 rings (SSSR count). The van der Waals surface area contributed by atoms with Crippen LogP contribution in [0.25, 0.3) is 0 Å². The summed E-state index contributed by atoms with van der Waals surface area (Å²) < 4.78 is 6.06. The zero-order chi connectivity index (χ0) is 16.4. The monoisotopic (exact) mass is 343 g/mol. The summed E-state index contributed by atoms with van der Waals surface area (Å²) in [6.07, 6.45) is 4.10. The Morgan fingerprint density at radius 2 is 2.29 bits per heavy atom. The van der Waals surface area contributed by atoms with Gasteiger partial charge in [0, 0.05) is 37.2 Å². The number of hydrogen-bond donors (Lipinski definition) is 1. The lowest BCUT2D eigenvalue weighted by atomic mass is 9.85. The van der Waals surface area contributed by atoms with Crippen molar-refractivity contribution in [2.45, 2.75) is 25.0 Å². The molecule has 0 bridgehead atoms. The number of carbonyl (C=O) groups is 1. The zero-order valence-electron chi connectivity index (χ0n) is 13.4. The second kappa shape index (κ2) is 6.91. The Hall–Kier alpha value is -1.92. The molecule has 2 saturated heterocycles. The average Bonchev–Trinajstić information content (AvgIpc) is 3.16. The summed E-state index contributed by atoms with van der Waals surface area (Å²) in [5, 5.41) is 7.36. The molecule has 2 aromatic rings. The molecule has 6 heteroatoms. The molecule has 24 heavy (non-hydrogen) atoms. The Labute approximate surface area is 145 Å². The Bertz CT molecular complexity index is 677. The average molecular weight is 343 g/mol. The number of aromatic nitrogens is 1. The van der Waals surface area contributed by atoms with E-state index in [0.29, 0.717) is 12.5 Å². The molecule has 0 radical (unpaired) electrons. The molecule has 4 heterocycles. The predicted molar refractivity (Wildman–Crippen MR) is 94.3 cm³/mol. The second-order valence-corrected chi connectivity index (χ2v) is 7.21. The fraction of sp³-hybridized carbons (Fsp3) is 0.444. The number of nitrogens with one attached hydrogen (secondary N) is 1. The lowest BCUT2D eigenvalue weighted by molar-refractivity contribution is -0.0675. The highest BCUT2D eigenvalue weighted by molar-refractivity contribution is 7.08. The number of thiophene rings is 1. The fourth-order valence-corrected chi connectivity index (χ4v) is 4.33. The molecule has 1 amide bonds. The molecule has 0 unspecified atom stereocenters. The first-order valence-corrected chi connectivity index (χ1v) is 9.36. The van der Waals surface area contributed by atoms with Crippen molar-refractivity contribution in [2.75, 3.05) is 25.0 Å². The molecule has 0 aliphatic carbocycles. The first kappa shape index (κ1) is 15.6. The third-order valence-corrected chi connectivity index (χ3v) is 5.50. The van der Waals surface area contributed by atoms with E-state index in [1.54, 1.807) is 17.5 Å². The van der Waals surface area contributed by atoms with Crippen LogP contribution in [0.15, 0.2) is 41.2 Å². The van der Waals surface area contributed by atoms with Crippen molar-refractivity contribution in [3.8, 4) is 0 Å². The van der Waals surface area contributed by atoms with Crippen molar-refractivity contribution < 1.29 is 9.53 Å². The minimum Gasteiger partial charge on any atom is -0.376 e. The van der Waals surface area contributed by atoms with Gasteiger partial charge in [-0.25, -0.2) is 4.98 Å². The van der Waals surface area contributed by atoms with E-state index in [1.807, 2.05) is 39.9 Å². The van der Waals surface area contributed by atoms with E-state index in [9.17, 15) is 4.79 Å². The highest BCUT2D eigenvalue weighted by Gasteiger charge is 2.41. The van der Waals surface area contributed by atoms with Crippen molar-refractivity contribution in [3.63, 3.8) is 0 Å². The van der Waals surface area contributed by atoms with Crippen LogP contribution in [0.2, 0.25) is 0 Å². The quantitative estimate of drug-likeness (QED) is 0.931. The van der Waals surface area contributed by atoms with Gasteiger partial charge in [0.05, 0.1) is 17.7 Å². The normalized spacial score (nSPS) is 26.7. The molecule has 3 atom stereocenters. The van der Waals surface area contributed by atoms with Crippen LogP contribution in [0.4, 0.5) is 5.82 Å². The van der Waals surface area contributed by atoms with Gasteiger partial charge in [0.1, 0.15) is 5.82 Å². The van der Waals surface area contributed by atoms with Gasteiger partial charge in [-0.2, -0.15) is 11.3 Å². The van der Waals surface area contributed by atoms with Crippen LogP contribution in [0, 0.1) is 5.92 Å². The van der Waals surface area contributed by atoms with Crippen molar-refractivity contribution in [1.29, 1.82) is 0 Å². The number of carbonyl (C=O) groups excluding carboxylic acids is 1. The van der Waals surface area contributed by atoms with Crippen molar-refractivity contribution in [2.24, 2.45) is 5.92 Å². The third kappa shape index (κ3) is 3.16. The maximum atomic E-state index is 12.8. The number of fused-ring (bicyclic) bond motifs is 1. The van der Waals surface area contributed by atoms with E-state index < -0.39 is 0 Å². The lowest BCUT2D eigenvalue weighted by Gasteiger charge is -2.46. The van der Waals surface area contributed by atoms with Crippen LogP contribution in [0.5, 0.6) is 0 Å². The number of nitrogens with zero attached hydrogens (tertiary/aromatic N) is 2. The van der Waals surface area contributed by atoms with E-state index in [1.165, 1.54) is 0 Å². The number of amides is 1. The van der Waals surface area contributed by atoms with E-state index in [-0.39, 0.29) is 18.1 Å². The first-order chi connectivity index (χ1) is 11.8. The summed E-state index contributed by atoms with van der Waals surface area (Å²) in [5.41, 5.74) is 0.784. The minimum atomic E-state index is 0.0709. The van der Waals surface area contributed by atoms with Gasteiger partial charge in [0.15, 0.2) is 0 Å². The molecule has 126 valence electrons. The third-order valence-electron chi connectivity index (χ3n) is 4.82. The van der Waals surface area contributed by atoms with E-state index >= 15 is 0 Å². The van der Waals surface area contributed by atoms with Gasteiger partial charge >= 0.3 is 0 Å². The second-order valence-electron chi connectivity index (χ2n) is 6.43. The van der Waals surface area contributed by atoms with Gasteiger partial charge in [-0.05, 0) is 36.4 Å². The van der Waals surface area contributed by atoms with Gasteiger partial charge in [-0.1, -0.05) is 6.07 Å². The van der Waals surface area contributed by atoms with Gasteiger partial charge in [0.2, 0.25) is 0 Å². The number of pyridine rings is 1. The Kier molecular flexibility index (Phi) is 4.49. The summed E-state index contributed by atoms with van der Waals surface area (Å²) in [4.78, 5) is 19.1. The largest absolute Gasteiger partial charge is 0.376 e. The molecular formula is C18H21N3O2S. The standard InChI is InChI=1S/C18H21N3O2S/c22-18(14-6-9-24-12-14)21-10-13-4-3-8-23-17(13)15(11-21)20-16-5-1-2-7-19-16/h1-2,5-7,9,12-13,15,17H,3-4,8,10-11H2,(H,19,20)/t13-,15+,17-/m0/s1. The fourth-order valence-electron chi connectivity index (χ4n) is 3.70. The van der Waals surface area contributed by atoms with Crippen LogP contribution in [-0.4, -0.2) is 47.6 Å². The molecular weight excluding hydrogens is 322 g/mol. The first-order valence-electron chi connectivity index (χ1n) is 8.42. The summed E-state index contributed by atoms with van der Waals surface area (Å²) >= 11 is 1.56. The number of hydrogen-bond acceptors (Lipinski definition) is 5. The number of piperidine rings is 1. The van der Waals surface area contributed by atoms with Crippen LogP contribution < -0.4 is 5.32 Å². The van der Waals surface area contributed by atoms with Gasteiger partial charge in [-0.15, -0.1) is 0 Å². The summed E-state index contributed by atoms with van der Waals surface area (Å²) in [6.45, 7) is 2.23. The zero-order valence-corrected chi connectivity index (χ0v) is 14.2. The van der Waals surface area contributed by atoms with Crippen molar-refractivity contribution in [3.05, 3.63) is 46.8 Å². The molecule has 2 aromatic heterocycles. The van der Waals surface area contributed by atoms with E-state index in [4.69, 9.17) is 4.74 Å². The Morgan fingerprint density at radius 3 is 3.08 bits per heavy atom. The molecule has 1 N–H and O–H groups in total. The summed E-state index contributed by atoms with van der Waals surface area (Å²) in [7, 11) is 0. The van der Waals surface area contributed by atoms with E-state index in [0.717, 1.165) is 37.4 Å². The number of likely N-dealkylation sites (tertiary alicyclic amines) is 1. The van der Waals surface area contributed by atoms with Gasteiger partial charge in [0.25, 0.3) is 5.91 Å².